The molecule has 0 aliphatic carbocycles. The Kier molecular flexibility index (Phi) is 15.1. The van der Waals surface area contributed by atoms with E-state index < -0.39 is 38.1 Å². The average Bonchev–Trinajstić information content (AvgIpc) is 2.87. The third-order valence-corrected chi connectivity index (χ3v) is 11.3. The van der Waals surface area contributed by atoms with Gasteiger partial charge in [0, 0.05) is 46.9 Å². The molecule has 0 unspecified atom stereocenters. The van der Waals surface area contributed by atoms with E-state index >= 15 is 0 Å². The number of nitrogens with one attached hydrogen (secondary N) is 1. The first-order valence-electron chi connectivity index (χ1n) is 14.3. The van der Waals surface area contributed by atoms with Gasteiger partial charge in [-0.25, -0.2) is 17.1 Å². The summed E-state index contributed by atoms with van der Waals surface area (Å²) in [4.78, 5) is 0. The molecule has 43 heavy (non-hydrogen) atoms. The van der Waals surface area contributed by atoms with Gasteiger partial charge in [0.05, 0.1) is 18.0 Å². The molecule has 2 aromatic carbocycles. The second-order valence-electron chi connectivity index (χ2n) is 12.8. The Labute approximate surface area is 267 Å². The highest BCUT2D eigenvalue weighted by atomic mass is 79.9. The number of benzene rings is 2. The Morgan fingerprint density at radius 2 is 1.56 bits per heavy atom. The van der Waals surface area contributed by atoms with Crippen LogP contribution in [-0.4, -0.2) is 82.4 Å². The summed E-state index contributed by atoms with van der Waals surface area (Å²) in [5, 5.41) is 14.0. The third-order valence-electron chi connectivity index (χ3n) is 6.30. The highest BCUT2D eigenvalue weighted by molar-refractivity contribution is 9.10. The zero-order valence-electron chi connectivity index (χ0n) is 26.4. The molecule has 0 heterocycles. The van der Waals surface area contributed by atoms with Gasteiger partial charge in [-0.1, -0.05) is 61.3 Å². The van der Waals surface area contributed by atoms with Gasteiger partial charge in [0.15, 0.2) is 18.4 Å². The SMILES string of the molecule is C[Si](C)(C)CCOCOc1ccc([C@@H](O)CNCCOc2ccc(Br)cc2F)cc1N(COCC[Si](C)(C)C)S(C)(=O)=O. The van der Waals surface area contributed by atoms with E-state index in [2.05, 4.69) is 60.5 Å². The molecule has 0 saturated carbocycles. The van der Waals surface area contributed by atoms with E-state index in [1.807, 2.05) is 0 Å². The topological polar surface area (TPSA) is 107 Å². The van der Waals surface area contributed by atoms with Crippen LogP contribution in [0.2, 0.25) is 51.4 Å². The van der Waals surface area contributed by atoms with Crippen LogP contribution < -0.4 is 19.1 Å². The van der Waals surface area contributed by atoms with Gasteiger partial charge in [0.25, 0.3) is 0 Å². The lowest BCUT2D eigenvalue weighted by molar-refractivity contribution is 0.0222. The Hall–Kier alpha value is -1.53. The second kappa shape index (κ2) is 17.2. The lowest BCUT2D eigenvalue weighted by Gasteiger charge is -2.26. The van der Waals surface area contributed by atoms with Crippen molar-refractivity contribution in [3.05, 3.63) is 52.3 Å². The summed E-state index contributed by atoms with van der Waals surface area (Å²) in [5.41, 5.74) is 0.750. The molecule has 0 saturated heterocycles. The van der Waals surface area contributed by atoms with Crippen molar-refractivity contribution in [2.45, 2.75) is 57.5 Å². The molecule has 9 nitrogen and oxygen atoms in total. The van der Waals surface area contributed by atoms with E-state index in [9.17, 15) is 17.9 Å². The van der Waals surface area contributed by atoms with Gasteiger partial charge in [0.1, 0.15) is 19.1 Å². The zero-order chi connectivity index (χ0) is 32.3. The largest absolute Gasteiger partial charge is 0.489 e. The molecule has 14 heteroatoms. The van der Waals surface area contributed by atoms with E-state index in [1.54, 1.807) is 30.3 Å². The average molecular weight is 724 g/mol. The monoisotopic (exact) mass is 722 g/mol. The van der Waals surface area contributed by atoms with Crippen molar-refractivity contribution in [1.29, 1.82) is 0 Å². The first-order valence-corrected chi connectivity index (χ1v) is 24.4. The summed E-state index contributed by atoms with van der Waals surface area (Å²) in [6, 6.07) is 11.3. The number of ether oxygens (including phenoxy) is 4. The molecule has 0 fully saturated rings. The maximum Gasteiger partial charge on any atom is 0.234 e. The summed E-state index contributed by atoms with van der Waals surface area (Å²) in [6.45, 7) is 14.9. The standard InChI is InChI=1S/C29H48BrFN2O7SSi2/c1-41(35,36)33(21-37-14-16-42(2,3)4)26-18-23(8-10-29(26)40-22-38-15-17-43(5,6)7)27(34)20-32-12-13-39-28-11-9-24(30)19-25(28)31/h8-11,18-19,27,32,34H,12-17,20-22H2,1-7H3/t27-/m0/s1. The van der Waals surface area contributed by atoms with E-state index in [-0.39, 0.29) is 38.1 Å². The zero-order valence-corrected chi connectivity index (χ0v) is 30.8. The minimum Gasteiger partial charge on any atom is -0.489 e. The number of sulfonamides is 1. The Bertz CT molecular complexity index is 1260. The number of aliphatic hydroxyl groups is 1. The lowest BCUT2D eigenvalue weighted by Crippen LogP contribution is -2.34. The van der Waals surface area contributed by atoms with Crippen LogP contribution in [0.3, 0.4) is 0 Å². The predicted octanol–water partition coefficient (Wildman–Crippen LogP) is 6.06. The van der Waals surface area contributed by atoms with Gasteiger partial charge in [-0.15, -0.1) is 0 Å². The quantitative estimate of drug-likeness (QED) is 0.0966. The minimum absolute atomic E-state index is 0.0337. The fourth-order valence-electron chi connectivity index (χ4n) is 3.65. The number of hydrogen-bond acceptors (Lipinski definition) is 8. The molecule has 0 spiro atoms. The predicted molar refractivity (Wildman–Crippen MR) is 180 cm³/mol. The van der Waals surface area contributed by atoms with Crippen LogP contribution >= 0.6 is 15.9 Å². The maximum absolute atomic E-state index is 14.0. The molecule has 0 aliphatic heterocycles. The maximum atomic E-state index is 14.0. The first-order chi connectivity index (χ1) is 20.0. The highest BCUT2D eigenvalue weighted by Gasteiger charge is 2.24. The van der Waals surface area contributed by atoms with E-state index in [0.717, 1.165) is 22.6 Å². The number of hydrogen-bond donors (Lipinski definition) is 2. The van der Waals surface area contributed by atoms with Crippen molar-refractivity contribution in [3.8, 4) is 11.5 Å². The molecule has 2 N–H and O–H groups in total. The van der Waals surface area contributed by atoms with E-state index in [0.29, 0.717) is 35.5 Å². The van der Waals surface area contributed by atoms with Crippen molar-refractivity contribution < 1.29 is 36.9 Å². The molecule has 0 radical (unpaired) electrons. The normalized spacial score (nSPS) is 13.2. The van der Waals surface area contributed by atoms with Crippen molar-refractivity contribution >= 4 is 47.8 Å². The summed E-state index contributed by atoms with van der Waals surface area (Å²) >= 11 is 3.21. The molecular weight excluding hydrogens is 675 g/mol. The summed E-state index contributed by atoms with van der Waals surface area (Å²) in [5.74, 6) is -0.0187. The van der Waals surface area contributed by atoms with Crippen molar-refractivity contribution in [2.75, 3.05) is 57.0 Å². The van der Waals surface area contributed by atoms with E-state index in [4.69, 9.17) is 18.9 Å². The molecule has 1 atom stereocenters. The fourth-order valence-corrected chi connectivity index (χ4v) is 6.27. The van der Waals surface area contributed by atoms with Crippen LogP contribution in [0, 0.1) is 5.82 Å². The van der Waals surface area contributed by atoms with Crippen LogP contribution in [0.25, 0.3) is 0 Å². The second-order valence-corrected chi connectivity index (χ2v) is 26.9. The summed E-state index contributed by atoms with van der Waals surface area (Å²) in [7, 11) is -6.40. The van der Waals surface area contributed by atoms with Gasteiger partial charge in [-0.2, -0.15) is 0 Å². The van der Waals surface area contributed by atoms with Crippen LogP contribution in [0.5, 0.6) is 11.5 Å². The Balaban J connectivity index is 2.12. The van der Waals surface area contributed by atoms with Gasteiger partial charge in [-0.05, 0) is 48.0 Å². The molecular formula is C29H48BrFN2O7SSi2. The number of nitrogens with zero attached hydrogens (tertiary/aromatic N) is 1. The van der Waals surface area contributed by atoms with Gasteiger partial charge in [-0.3, -0.25) is 0 Å². The number of rotatable bonds is 20. The molecule has 0 aliphatic rings. The Morgan fingerprint density at radius 1 is 0.930 bits per heavy atom. The molecule has 244 valence electrons. The van der Waals surface area contributed by atoms with Crippen molar-refractivity contribution in [3.63, 3.8) is 0 Å². The molecule has 2 rings (SSSR count). The van der Waals surface area contributed by atoms with Crippen molar-refractivity contribution in [1.82, 2.24) is 5.32 Å². The van der Waals surface area contributed by atoms with Gasteiger partial charge in [0.2, 0.25) is 10.0 Å². The lowest BCUT2D eigenvalue weighted by atomic mass is 10.1. The van der Waals surface area contributed by atoms with Crippen LogP contribution in [-0.2, 0) is 19.5 Å². The first kappa shape index (κ1) is 37.7. The van der Waals surface area contributed by atoms with Crippen molar-refractivity contribution in [2.24, 2.45) is 0 Å². The van der Waals surface area contributed by atoms with Crippen LogP contribution in [0.4, 0.5) is 10.1 Å². The summed E-state index contributed by atoms with van der Waals surface area (Å²) in [6.07, 6.45) is 0.154. The molecule has 0 bridgehead atoms. The molecule has 2 aromatic rings. The van der Waals surface area contributed by atoms with Crippen LogP contribution in [0.1, 0.15) is 11.7 Å². The van der Waals surface area contributed by atoms with Crippen LogP contribution in [0.15, 0.2) is 40.9 Å². The van der Waals surface area contributed by atoms with E-state index in [1.165, 1.54) is 6.07 Å². The minimum atomic E-state index is -3.75. The number of anilines is 1. The summed E-state index contributed by atoms with van der Waals surface area (Å²) < 4.78 is 64.4. The number of aliphatic hydroxyl groups excluding tert-OH is 1. The third kappa shape index (κ3) is 14.9. The fraction of sp³-hybridized carbons (Fsp3) is 0.586. The molecule has 0 aromatic heterocycles. The van der Waals surface area contributed by atoms with Gasteiger partial charge >= 0.3 is 0 Å². The smallest absolute Gasteiger partial charge is 0.234 e. The Morgan fingerprint density at radius 3 is 2.16 bits per heavy atom. The van der Waals surface area contributed by atoms with Gasteiger partial charge < -0.3 is 29.4 Å². The highest BCUT2D eigenvalue weighted by Crippen LogP contribution is 2.33. The number of halogens is 2. The molecule has 0 amide bonds.